The first kappa shape index (κ1) is 23.9. The molecule has 33 heavy (non-hydrogen) atoms. The number of rotatable bonds is 5. The Kier molecular flexibility index (Phi) is 6.00. The number of imide groups is 1. The molecule has 3 rings (SSSR count). The average Bonchev–Trinajstić information content (AvgIpc) is 2.91. The van der Waals surface area contributed by atoms with E-state index in [1.165, 1.54) is 6.92 Å². The topological polar surface area (TPSA) is 87.7 Å². The molecular formula is C20H15F6N3O4. The van der Waals surface area contributed by atoms with Gasteiger partial charge < -0.3 is 15.4 Å². The third-order valence-electron chi connectivity index (χ3n) is 4.74. The number of anilines is 1. The zero-order chi connectivity index (χ0) is 24.6. The van der Waals surface area contributed by atoms with Crippen LogP contribution < -0.4 is 15.4 Å². The van der Waals surface area contributed by atoms with Gasteiger partial charge in [0.05, 0.1) is 5.56 Å². The van der Waals surface area contributed by atoms with Crippen LogP contribution in [-0.4, -0.2) is 35.7 Å². The number of amides is 4. The van der Waals surface area contributed by atoms with Gasteiger partial charge in [0.25, 0.3) is 5.91 Å². The number of urea groups is 1. The van der Waals surface area contributed by atoms with Crippen molar-refractivity contribution in [3.63, 3.8) is 0 Å². The Hall–Kier alpha value is -3.77. The molecule has 1 saturated heterocycles. The average molecular weight is 475 g/mol. The zero-order valence-corrected chi connectivity index (χ0v) is 16.7. The summed E-state index contributed by atoms with van der Waals surface area (Å²) < 4.78 is 78.5. The van der Waals surface area contributed by atoms with Crippen LogP contribution in [0.25, 0.3) is 0 Å². The molecule has 0 aromatic heterocycles. The van der Waals surface area contributed by atoms with Crippen LogP contribution in [0.15, 0.2) is 48.5 Å². The molecule has 0 saturated carbocycles. The van der Waals surface area contributed by atoms with Crippen molar-refractivity contribution in [2.45, 2.75) is 25.0 Å². The van der Waals surface area contributed by atoms with E-state index >= 15 is 0 Å². The first-order chi connectivity index (χ1) is 15.2. The van der Waals surface area contributed by atoms with Crippen molar-refractivity contribution in [1.29, 1.82) is 0 Å². The largest absolute Gasteiger partial charge is 0.573 e. The van der Waals surface area contributed by atoms with Crippen LogP contribution >= 0.6 is 0 Å². The summed E-state index contributed by atoms with van der Waals surface area (Å²) in [5.74, 6) is -2.23. The molecule has 1 heterocycles. The van der Waals surface area contributed by atoms with Crippen LogP contribution in [0.3, 0.4) is 0 Å². The SMILES string of the molecule is CC1(c2ccc(OC(F)(F)F)cc2)NC(=O)N(CC(=O)Nc2ccc(C(F)(F)F)cc2)C1=O. The second-order valence-corrected chi connectivity index (χ2v) is 7.14. The lowest BCUT2D eigenvalue weighted by Gasteiger charge is -2.22. The van der Waals surface area contributed by atoms with Crippen LogP contribution in [0.4, 0.5) is 36.8 Å². The van der Waals surface area contributed by atoms with Gasteiger partial charge in [-0.15, -0.1) is 13.2 Å². The van der Waals surface area contributed by atoms with E-state index in [2.05, 4.69) is 15.4 Å². The Labute approximate surface area is 182 Å². The first-order valence-corrected chi connectivity index (χ1v) is 9.16. The Bertz CT molecular complexity index is 1070. The molecule has 0 aliphatic carbocycles. The molecule has 0 bridgehead atoms. The van der Waals surface area contributed by atoms with E-state index in [1.807, 2.05) is 0 Å². The van der Waals surface area contributed by atoms with E-state index in [1.54, 1.807) is 0 Å². The number of nitrogens with zero attached hydrogens (tertiary/aromatic N) is 1. The van der Waals surface area contributed by atoms with Gasteiger partial charge in [-0.1, -0.05) is 12.1 Å². The van der Waals surface area contributed by atoms with Crippen molar-refractivity contribution in [2.75, 3.05) is 11.9 Å². The first-order valence-electron chi connectivity index (χ1n) is 9.16. The third-order valence-corrected chi connectivity index (χ3v) is 4.74. The summed E-state index contributed by atoms with van der Waals surface area (Å²) in [6.45, 7) is 0.567. The molecule has 7 nitrogen and oxygen atoms in total. The summed E-state index contributed by atoms with van der Waals surface area (Å²) in [4.78, 5) is 37.9. The monoisotopic (exact) mass is 475 g/mol. The third kappa shape index (κ3) is 5.35. The number of carbonyl (C=O) groups excluding carboxylic acids is 3. The molecule has 176 valence electrons. The van der Waals surface area contributed by atoms with Gasteiger partial charge in [0.2, 0.25) is 5.91 Å². The minimum absolute atomic E-state index is 0.0167. The molecule has 0 radical (unpaired) electrons. The van der Waals surface area contributed by atoms with Crippen LogP contribution in [-0.2, 0) is 21.3 Å². The highest BCUT2D eigenvalue weighted by molar-refractivity contribution is 6.10. The van der Waals surface area contributed by atoms with Crippen LogP contribution in [0.2, 0.25) is 0 Å². The fraction of sp³-hybridized carbons (Fsp3) is 0.250. The maximum absolute atomic E-state index is 12.8. The van der Waals surface area contributed by atoms with E-state index in [4.69, 9.17) is 0 Å². The molecule has 0 spiro atoms. The molecular weight excluding hydrogens is 460 g/mol. The predicted molar refractivity (Wildman–Crippen MR) is 101 cm³/mol. The zero-order valence-electron chi connectivity index (χ0n) is 16.7. The van der Waals surface area contributed by atoms with Crippen molar-refractivity contribution in [2.24, 2.45) is 0 Å². The van der Waals surface area contributed by atoms with E-state index in [0.717, 1.165) is 48.5 Å². The van der Waals surface area contributed by atoms with E-state index < -0.39 is 53.8 Å². The van der Waals surface area contributed by atoms with Gasteiger partial charge in [-0.3, -0.25) is 14.5 Å². The van der Waals surface area contributed by atoms with Crippen molar-refractivity contribution in [3.8, 4) is 5.75 Å². The molecule has 2 N–H and O–H groups in total. The molecule has 2 aromatic rings. The maximum atomic E-state index is 12.8. The summed E-state index contributed by atoms with van der Waals surface area (Å²) in [7, 11) is 0. The number of nitrogens with one attached hydrogen (secondary N) is 2. The molecule has 1 unspecified atom stereocenters. The summed E-state index contributed by atoms with van der Waals surface area (Å²) in [6.07, 6.45) is -9.45. The summed E-state index contributed by atoms with van der Waals surface area (Å²) in [5.41, 5.74) is -2.43. The van der Waals surface area contributed by atoms with Gasteiger partial charge >= 0.3 is 18.6 Å². The fourth-order valence-electron chi connectivity index (χ4n) is 3.11. The minimum Gasteiger partial charge on any atom is -0.406 e. The van der Waals surface area contributed by atoms with Crippen LogP contribution in [0.1, 0.15) is 18.1 Å². The lowest BCUT2D eigenvalue weighted by atomic mass is 9.92. The Morgan fingerprint density at radius 2 is 1.58 bits per heavy atom. The number of carbonyl (C=O) groups is 3. The Balaban J connectivity index is 1.68. The second-order valence-electron chi connectivity index (χ2n) is 7.14. The molecule has 1 aliphatic heterocycles. The molecule has 1 atom stereocenters. The van der Waals surface area contributed by atoms with Crippen molar-refractivity contribution in [3.05, 3.63) is 59.7 Å². The summed E-state index contributed by atoms with van der Waals surface area (Å²) in [6, 6.07) is 6.86. The molecule has 2 aromatic carbocycles. The second kappa shape index (κ2) is 8.30. The number of ether oxygens (including phenoxy) is 1. The van der Waals surface area contributed by atoms with Crippen molar-refractivity contribution < 1.29 is 45.5 Å². The van der Waals surface area contributed by atoms with E-state index in [-0.39, 0.29) is 11.3 Å². The van der Waals surface area contributed by atoms with E-state index in [9.17, 15) is 40.7 Å². The highest BCUT2D eigenvalue weighted by Gasteiger charge is 2.49. The van der Waals surface area contributed by atoms with E-state index in [0.29, 0.717) is 4.90 Å². The van der Waals surface area contributed by atoms with Gasteiger partial charge in [-0.05, 0) is 48.9 Å². The van der Waals surface area contributed by atoms with Gasteiger partial charge in [-0.25, -0.2) is 4.79 Å². The molecule has 1 fully saturated rings. The quantitative estimate of drug-likeness (QED) is 0.506. The highest BCUT2D eigenvalue weighted by atomic mass is 19.4. The van der Waals surface area contributed by atoms with Crippen molar-refractivity contribution >= 4 is 23.5 Å². The molecule has 1 aliphatic rings. The predicted octanol–water partition coefficient (Wildman–Crippen LogP) is 4.01. The fourth-order valence-corrected chi connectivity index (χ4v) is 3.11. The lowest BCUT2D eigenvalue weighted by molar-refractivity contribution is -0.274. The highest BCUT2D eigenvalue weighted by Crippen LogP contribution is 2.32. The number of alkyl halides is 6. The van der Waals surface area contributed by atoms with Crippen LogP contribution in [0.5, 0.6) is 5.75 Å². The number of hydrogen-bond donors (Lipinski definition) is 2. The molecule has 13 heteroatoms. The molecule has 4 amide bonds. The minimum atomic E-state index is -4.90. The van der Waals surface area contributed by atoms with Crippen LogP contribution in [0, 0.1) is 0 Å². The van der Waals surface area contributed by atoms with Gasteiger partial charge in [0.1, 0.15) is 17.8 Å². The summed E-state index contributed by atoms with van der Waals surface area (Å²) in [5, 5.41) is 4.66. The summed E-state index contributed by atoms with van der Waals surface area (Å²) >= 11 is 0. The number of benzene rings is 2. The Morgan fingerprint density at radius 1 is 1.00 bits per heavy atom. The Morgan fingerprint density at radius 3 is 2.09 bits per heavy atom. The lowest BCUT2D eigenvalue weighted by Crippen LogP contribution is -2.42. The normalized spacial score (nSPS) is 18.8. The van der Waals surface area contributed by atoms with Crippen molar-refractivity contribution in [1.82, 2.24) is 10.2 Å². The van der Waals surface area contributed by atoms with Gasteiger partial charge in [-0.2, -0.15) is 13.2 Å². The maximum Gasteiger partial charge on any atom is 0.573 e. The van der Waals surface area contributed by atoms with Gasteiger partial charge in [0.15, 0.2) is 0 Å². The number of hydrogen-bond acceptors (Lipinski definition) is 4. The number of halogens is 6. The smallest absolute Gasteiger partial charge is 0.406 e. The van der Waals surface area contributed by atoms with Gasteiger partial charge in [0, 0.05) is 5.69 Å². The standard InChI is InChI=1S/C20H15F6N3O4/c1-18(11-4-8-14(9-5-11)33-20(24,25)26)16(31)29(17(32)28-18)10-15(30)27-13-6-2-12(3-7-13)19(21,22)23/h2-9H,10H2,1H3,(H,27,30)(H,28,32).